The maximum atomic E-state index is 11.0. The highest BCUT2D eigenvalue weighted by atomic mass is 15.1. The van der Waals surface area contributed by atoms with E-state index in [0.717, 1.165) is 99.4 Å². The van der Waals surface area contributed by atoms with E-state index in [-0.39, 0.29) is 0 Å². The van der Waals surface area contributed by atoms with E-state index in [0.29, 0.717) is 80.4 Å². The van der Waals surface area contributed by atoms with E-state index in [1.165, 1.54) is 0 Å². The van der Waals surface area contributed by atoms with Crippen molar-refractivity contribution >= 4 is 43.6 Å². The van der Waals surface area contributed by atoms with Gasteiger partial charge in [0.2, 0.25) is 0 Å². The van der Waals surface area contributed by atoms with Gasteiger partial charge in [0.1, 0.15) is 6.07 Å². The molecule has 0 saturated heterocycles. The molecular weight excluding hydrogens is 1180 g/mol. The van der Waals surface area contributed by atoms with Crippen molar-refractivity contribution in [1.29, 1.82) is 10.5 Å². The smallest absolute Gasteiger partial charge is 0.164 e. The van der Waals surface area contributed by atoms with Gasteiger partial charge in [0.15, 0.2) is 52.4 Å². The molecular formula is C83H49N13. The quantitative estimate of drug-likeness (QED) is 0.114. The normalized spacial score (nSPS) is 11.3. The van der Waals surface area contributed by atoms with E-state index in [4.69, 9.17) is 44.9 Å². The fraction of sp³-hybridized carbons (Fsp3) is 0. The molecule has 17 aromatic rings. The van der Waals surface area contributed by atoms with Gasteiger partial charge in [0.25, 0.3) is 0 Å². The molecule has 0 amide bonds. The molecule has 96 heavy (non-hydrogen) atoms. The summed E-state index contributed by atoms with van der Waals surface area (Å²) in [7, 11) is 0. The van der Waals surface area contributed by atoms with E-state index in [1.54, 1.807) is 0 Å². The van der Waals surface area contributed by atoms with Crippen LogP contribution in [0.3, 0.4) is 0 Å². The van der Waals surface area contributed by atoms with Crippen molar-refractivity contribution in [1.82, 2.24) is 54.0 Å². The van der Waals surface area contributed by atoms with Crippen LogP contribution in [0.1, 0.15) is 11.1 Å². The molecule has 0 bridgehead atoms. The summed E-state index contributed by atoms with van der Waals surface area (Å²) in [5.41, 5.74) is 15.0. The summed E-state index contributed by atoms with van der Waals surface area (Å²) in [6, 6.07) is 103. The molecule has 0 aliphatic carbocycles. The van der Waals surface area contributed by atoms with Crippen molar-refractivity contribution in [2.45, 2.75) is 0 Å². The Bertz CT molecular complexity index is 5860. The molecule has 12 aromatic carbocycles. The van der Waals surface area contributed by atoms with Crippen LogP contribution >= 0.6 is 0 Å². The van der Waals surface area contributed by atoms with Crippen LogP contribution in [0.5, 0.6) is 0 Å². The number of hydrogen-bond acceptors (Lipinski definition) is 11. The Kier molecular flexibility index (Phi) is 13.9. The van der Waals surface area contributed by atoms with Crippen LogP contribution in [-0.4, -0.2) is 54.0 Å². The minimum Gasteiger partial charge on any atom is -0.309 e. The SMILES string of the molecule is N#Cc1ccccc1-c1ccc(-c2nc(-c3ccccc3)nc(-c3ccc(C#N)c(-n4c5ccccc5c5cc(-c6nc(-c7ccccc7)nc(-c7ccccc7)n6)ccc54)c3)n2)cc1-n1c2ccccc2c2cc(-c3nc(-c4ccccc4)nc(-c4ccccc4)n3)ccc21. The largest absolute Gasteiger partial charge is 0.309 e. The lowest BCUT2D eigenvalue weighted by Gasteiger charge is -2.17. The summed E-state index contributed by atoms with van der Waals surface area (Å²) in [4.78, 5) is 46.2. The van der Waals surface area contributed by atoms with Crippen LogP contribution in [0.15, 0.2) is 297 Å². The van der Waals surface area contributed by atoms with Gasteiger partial charge in [0, 0.05) is 82.7 Å². The molecule has 0 N–H and O–H groups in total. The van der Waals surface area contributed by atoms with Crippen molar-refractivity contribution in [3.8, 4) is 137 Å². The topological polar surface area (TPSA) is 173 Å². The lowest BCUT2D eigenvalue weighted by Crippen LogP contribution is -2.04. The second kappa shape index (κ2) is 23.8. The molecule has 0 unspecified atom stereocenters. The van der Waals surface area contributed by atoms with Crippen LogP contribution in [-0.2, 0) is 0 Å². The van der Waals surface area contributed by atoms with Gasteiger partial charge in [-0.25, -0.2) is 44.9 Å². The summed E-state index contributed by atoms with van der Waals surface area (Å²) in [6.07, 6.45) is 0. The van der Waals surface area contributed by atoms with Crippen molar-refractivity contribution in [2.75, 3.05) is 0 Å². The van der Waals surface area contributed by atoms with Gasteiger partial charge in [0.05, 0.1) is 50.6 Å². The first-order valence-electron chi connectivity index (χ1n) is 31.3. The minimum absolute atomic E-state index is 0.403. The zero-order valence-electron chi connectivity index (χ0n) is 51.1. The van der Waals surface area contributed by atoms with E-state index in [1.807, 2.05) is 224 Å². The van der Waals surface area contributed by atoms with Gasteiger partial charge in [-0.3, -0.25) is 0 Å². The van der Waals surface area contributed by atoms with Gasteiger partial charge in [-0.15, -0.1) is 0 Å². The van der Waals surface area contributed by atoms with Gasteiger partial charge in [-0.05, 0) is 78.9 Å². The number of fused-ring (bicyclic) bond motifs is 6. The summed E-state index contributed by atoms with van der Waals surface area (Å²) < 4.78 is 4.40. The summed E-state index contributed by atoms with van der Waals surface area (Å²) in [5.74, 6) is 4.64. The molecule has 0 spiro atoms. The summed E-state index contributed by atoms with van der Waals surface area (Å²) in [6.45, 7) is 0. The monoisotopic (exact) mass is 1230 g/mol. The second-order valence-corrected chi connectivity index (χ2v) is 23.2. The molecule has 0 saturated carbocycles. The molecule has 0 aliphatic heterocycles. The van der Waals surface area contributed by atoms with Crippen molar-refractivity contribution < 1.29 is 0 Å². The number of nitrogens with zero attached hydrogens (tertiary/aromatic N) is 13. The van der Waals surface area contributed by atoms with E-state index in [9.17, 15) is 10.5 Å². The zero-order valence-corrected chi connectivity index (χ0v) is 51.1. The van der Waals surface area contributed by atoms with Gasteiger partial charge >= 0.3 is 0 Å². The third-order valence-corrected chi connectivity index (χ3v) is 17.4. The number of para-hydroxylation sites is 2. The molecule has 13 heteroatoms. The van der Waals surface area contributed by atoms with Crippen LogP contribution in [0.4, 0.5) is 0 Å². The highest BCUT2D eigenvalue weighted by molar-refractivity contribution is 6.12. The fourth-order valence-corrected chi connectivity index (χ4v) is 12.8. The third-order valence-electron chi connectivity index (χ3n) is 17.4. The molecule has 0 fully saturated rings. The van der Waals surface area contributed by atoms with Crippen molar-refractivity contribution in [3.05, 3.63) is 308 Å². The molecule has 17 rings (SSSR count). The Morgan fingerprint density at radius 3 is 0.896 bits per heavy atom. The molecule has 0 aliphatic rings. The maximum absolute atomic E-state index is 11.0. The van der Waals surface area contributed by atoms with Gasteiger partial charge < -0.3 is 9.13 Å². The van der Waals surface area contributed by atoms with E-state index < -0.39 is 0 Å². The highest BCUT2D eigenvalue weighted by Crippen LogP contribution is 2.42. The summed E-state index contributed by atoms with van der Waals surface area (Å²) in [5, 5.41) is 25.6. The van der Waals surface area contributed by atoms with Gasteiger partial charge in [-0.1, -0.05) is 218 Å². The Morgan fingerprint density at radius 1 is 0.208 bits per heavy atom. The van der Waals surface area contributed by atoms with Crippen molar-refractivity contribution in [3.63, 3.8) is 0 Å². The number of rotatable bonds is 12. The number of nitriles is 2. The minimum atomic E-state index is 0.403. The Labute approximate surface area is 550 Å². The van der Waals surface area contributed by atoms with Crippen LogP contribution < -0.4 is 0 Å². The number of benzene rings is 12. The first-order valence-corrected chi connectivity index (χ1v) is 31.3. The first-order chi connectivity index (χ1) is 47.5. The third kappa shape index (κ3) is 10.1. The predicted octanol–water partition coefficient (Wildman–Crippen LogP) is 18.8. The lowest BCUT2D eigenvalue weighted by atomic mass is 9.96. The lowest BCUT2D eigenvalue weighted by molar-refractivity contribution is 1.07. The molecule has 13 nitrogen and oxygen atoms in total. The number of hydrogen-bond donors (Lipinski definition) is 0. The average Bonchev–Trinajstić information content (AvgIpc) is 1.57. The molecule has 446 valence electrons. The van der Waals surface area contributed by atoms with Crippen LogP contribution in [0.25, 0.3) is 169 Å². The number of aromatic nitrogens is 11. The maximum Gasteiger partial charge on any atom is 0.164 e. The van der Waals surface area contributed by atoms with Crippen molar-refractivity contribution in [2.24, 2.45) is 0 Å². The zero-order chi connectivity index (χ0) is 64.1. The Balaban J connectivity index is 0.825. The standard InChI is InChI=1S/C83H49N13/c84-50-61-32-16-17-33-63(61)66-43-40-60(49-74(66)96-70-37-21-19-35-65(70)68-47-58(42-45-72(68)96)81-90-77(54-26-10-3-11-27-54)87-78(91-81)55-28-12-4-13-29-55)83-93-79(56-30-14-5-15-31-56)92-82(94-83)59-38-39-62(51-85)73(48-59)95-69-36-20-18-34-64(69)67-46-57(41-44-71(67)95)80-88-75(52-22-6-1-7-23-52)86-76(89-80)53-24-8-2-9-25-53/h1-49H. The molecule has 5 aromatic heterocycles. The van der Waals surface area contributed by atoms with Crippen LogP contribution in [0.2, 0.25) is 0 Å². The predicted molar refractivity (Wildman–Crippen MR) is 379 cm³/mol. The average molecular weight is 1230 g/mol. The molecule has 0 radical (unpaired) electrons. The fourth-order valence-electron chi connectivity index (χ4n) is 12.8. The summed E-state index contributed by atoms with van der Waals surface area (Å²) >= 11 is 0. The van der Waals surface area contributed by atoms with E-state index in [2.05, 4.69) is 94.1 Å². The second-order valence-electron chi connectivity index (χ2n) is 23.2. The first kappa shape index (κ1) is 56.2. The van der Waals surface area contributed by atoms with Crippen LogP contribution in [0, 0.1) is 22.7 Å². The molecule has 5 heterocycles. The van der Waals surface area contributed by atoms with Gasteiger partial charge in [-0.2, -0.15) is 10.5 Å². The van der Waals surface area contributed by atoms with E-state index >= 15 is 0 Å². The Hall–Kier alpha value is -13.8. The Morgan fingerprint density at radius 2 is 0.500 bits per heavy atom. The molecule has 0 atom stereocenters. The highest BCUT2D eigenvalue weighted by Gasteiger charge is 2.24.